The number of nitriles is 1. The van der Waals surface area contributed by atoms with Gasteiger partial charge < -0.3 is 10.6 Å². The van der Waals surface area contributed by atoms with E-state index in [0.29, 0.717) is 28.1 Å². The van der Waals surface area contributed by atoms with Crippen molar-refractivity contribution in [1.29, 1.82) is 5.26 Å². The van der Waals surface area contributed by atoms with E-state index in [9.17, 15) is 9.65 Å². The van der Waals surface area contributed by atoms with E-state index in [1.165, 1.54) is 31.7 Å². The second-order valence-corrected chi connectivity index (χ2v) is 9.15. The van der Waals surface area contributed by atoms with Gasteiger partial charge >= 0.3 is 0 Å². The summed E-state index contributed by atoms with van der Waals surface area (Å²) >= 11 is 0. The van der Waals surface area contributed by atoms with Gasteiger partial charge in [0.25, 0.3) is 0 Å². The molecule has 2 N–H and O–H groups in total. The van der Waals surface area contributed by atoms with Gasteiger partial charge in [0.2, 0.25) is 0 Å². The number of rotatable bonds is 8. The molecular weight excluding hydrogens is 449 g/mol. The summed E-state index contributed by atoms with van der Waals surface area (Å²) < 4.78 is 14.1. The predicted octanol–water partition coefficient (Wildman–Crippen LogP) is 8.72. The summed E-state index contributed by atoms with van der Waals surface area (Å²) in [5.41, 5.74) is 3.66. The summed E-state index contributed by atoms with van der Waals surface area (Å²) in [6.45, 7) is 16.6. The van der Waals surface area contributed by atoms with Gasteiger partial charge in [-0.1, -0.05) is 72.4 Å². The van der Waals surface area contributed by atoms with Gasteiger partial charge in [-0.05, 0) is 56.0 Å². The molecule has 1 heterocycles. The van der Waals surface area contributed by atoms with Crippen molar-refractivity contribution in [3.05, 3.63) is 58.5 Å². The van der Waals surface area contributed by atoms with E-state index in [-0.39, 0.29) is 11.9 Å². The van der Waals surface area contributed by atoms with Gasteiger partial charge in [0.1, 0.15) is 5.82 Å². The first kappa shape index (κ1) is 30.8. The number of hydrogen-bond acceptors (Lipinski definition) is 5. The fraction of sp³-hybridized carbons (Fsp3) is 0.500. The quantitative estimate of drug-likeness (QED) is 0.307. The lowest BCUT2D eigenvalue weighted by atomic mass is 9.98. The first-order valence-corrected chi connectivity index (χ1v) is 13.1. The minimum Gasteiger partial charge on any atom is -0.386 e. The molecule has 0 spiro atoms. The standard InChI is InChI=1S/C20H20FN5.C8H18.C2H6/c1-11-14(10-22)6-5-7-15(11)12(2)24-20-17-9-19(23-4)18(21)8-16(17)13(3)25-26-20;1-4-5-6-7-8(2)3;1-2/h5-9,12,23H,1-4H3,(H,24,26);8H,4-7H2,1-3H3;1-2H3/t12-;;/m1../s1. The average molecular weight is 494 g/mol. The Bertz CT molecular complexity index is 1130. The van der Waals surface area contributed by atoms with Gasteiger partial charge in [0.05, 0.1) is 29.1 Å². The molecule has 0 aliphatic carbocycles. The van der Waals surface area contributed by atoms with Crippen LogP contribution in [0.4, 0.5) is 15.9 Å². The Kier molecular flexibility index (Phi) is 13.5. The molecule has 5 nitrogen and oxygen atoms in total. The first-order chi connectivity index (χ1) is 17.2. The smallest absolute Gasteiger partial charge is 0.157 e. The number of aryl methyl sites for hydroxylation is 1. The highest BCUT2D eigenvalue weighted by atomic mass is 19.1. The van der Waals surface area contributed by atoms with Gasteiger partial charge in [0, 0.05) is 17.8 Å². The summed E-state index contributed by atoms with van der Waals surface area (Å²) in [5, 5.41) is 25.4. The molecular formula is C30H44FN5. The third-order valence-corrected chi connectivity index (χ3v) is 6.02. The van der Waals surface area contributed by atoms with Crippen molar-refractivity contribution in [2.45, 2.75) is 87.1 Å². The zero-order valence-corrected chi connectivity index (χ0v) is 23.6. The highest BCUT2D eigenvalue weighted by Crippen LogP contribution is 2.31. The number of benzene rings is 2. The molecule has 0 saturated heterocycles. The van der Waals surface area contributed by atoms with E-state index < -0.39 is 0 Å². The summed E-state index contributed by atoms with van der Waals surface area (Å²) in [4.78, 5) is 0. The molecule has 0 fully saturated rings. The minimum absolute atomic E-state index is 0.0911. The molecule has 0 aliphatic rings. The molecule has 196 valence electrons. The molecule has 0 bridgehead atoms. The molecule has 0 radical (unpaired) electrons. The number of aromatic nitrogens is 2. The third-order valence-electron chi connectivity index (χ3n) is 6.02. The Morgan fingerprint density at radius 2 is 1.72 bits per heavy atom. The van der Waals surface area contributed by atoms with Crippen molar-refractivity contribution in [2.24, 2.45) is 5.92 Å². The largest absolute Gasteiger partial charge is 0.386 e. The number of fused-ring (bicyclic) bond motifs is 1. The summed E-state index contributed by atoms with van der Waals surface area (Å²) in [6, 6.07) is 11.0. The summed E-state index contributed by atoms with van der Waals surface area (Å²) in [7, 11) is 1.68. The number of nitrogens with one attached hydrogen (secondary N) is 2. The second kappa shape index (κ2) is 15.7. The Balaban J connectivity index is 0.000000554. The molecule has 3 rings (SSSR count). The first-order valence-electron chi connectivity index (χ1n) is 13.1. The van der Waals surface area contributed by atoms with Crippen LogP contribution >= 0.6 is 0 Å². The molecule has 3 aromatic rings. The molecule has 2 aromatic carbocycles. The Labute approximate surface area is 217 Å². The van der Waals surface area contributed by atoms with E-state index in [2.05, 4.69) is 47.7 Å². The lowest BCUT2D eigenvalue weighted by molar-refractivity contribution is 0.534. The Morgan fingerprint density at radius 3 is 2.31 bits per heavy atom. The van der Waals surface area contributed by atoms with Crippen molar-refractivity contribution in [2.75, 3.05) is 17.7 Å². The van der Waals surface area contributed by atoms with Crippen LogP contribution in [0.1, 0.15) is 95.7 Å². The van der Waals surface area contributed by atoms with Crippen molar-refractivity contribution < 1.29 is 4.39 Å². The highest BCUT2D eigenvalue weighted by molar-refractivity contribution is 5.95. The number of hydrogen-bond donors (Lipinski definition) is 2. The van der Waals surface area contributed by atoms with Gasteiger partial charge in [-0.3, -0.25) is 0 Å². The molecule has 6 heteroatoms. The Morgan fingerprint density at radius 1 is 1.03 bits per heavy atom. The van der Waals surface area contributed by atoms with Crippen LogP contribution in [-0.2, 0) is 0 Å². The summed E-state index contributed by atoms with van der Waals surface area (Å²) in [5.74, 6) is 1.16. The third kappa shape index (κ3) is 8.48. The molecule has 1 aromatic heterocycles. The van der Waals surface area contributed by atoms with Crippen molar-refractivity contribution in [1.82, 2.24) is 10.2 Å². The molecule has 0 saturated carbocycles. The molecule has 0 aliphatic heterocycles. The molecule has 0 unspecified atom stereocenters. The van der Waals surface area contributed by atoms with Crippen LogP contribution in [0.5, 0.6) is 0 Å². The Hall–Kier alpha value is -3.20. The average Bonchev–Trinajstić information content (AvgIpc) is 2.87. The van der Waals surface area contributed by atoms with Crippen molar-refractivity contribution in [3.63, 3.8) is 0 Å². The van der Waals surface area contributed by atoms with E-state index >= 15 is 0 Å². The van der Waals surface area contributed by atoms with E-state index in [1.807, 2.05) is 46.8 Å². The van der Waals surface area contributed by atoms with Crippen LogP contribution in [0, 0.1) is 36.9 Å². The topological polar surface area (TPSA) is 73.6 Å². The van der Waals surface area contributed by atoms with Crippen LogP contribution in [0.3, 0.4) is 0 Å². The van der Waals surface area contributed by atoms with Crippen LogP contribution in [-0.4, -0.2) is 17.2 Å². The van der Waals surface area contributed by atoms with Crippen LogP contribution < -0.4 is 10.6 Å². The highest BCUT2D eigenvalue weighted by Gasteiger charge is 2.16. The monoisotopic (exact) mass is 493 g/mol. The second-order valence-electron chi connectivity index (χ2n) is 9.15. The van der Waals surface area contributed by atoms with Crippen molar-refractivity contribution in [3.8, 4) is 6.07 Å². The number of halogens is 1. The number of unbranched alkanes of at least 4 members (excludes halogenated alkanes) is 2. The van der Waals surface area contributed by atoms with E-state index in [0.717, 1.165) is 22.4 Å². The van der Waals surface area contributed by atoms with Gasteiger partial charge in [0.15, 0.2) is 5.82 Å². The van der Waals surface area contributed by atoms with E-state index in [4.69, 9.17) is 0 Å². The maximum atomic E-state index is 14.1. The lowest BCUT2D eigenvalue weighted by Crippen LogP contribution is -2.11. The molecule has 0 amide bonds. The van der Waals surface area contributed by atoms with E-state index in [1.54, 1.807) is 19.2 Å². The fourth-order valence-corrected chi connectivity index (χ4v) is 3.93. The maximum Gasteiger partial charge on any atom is 0.157 e. The zero-order valence-electron chi connectivity index (χ0n) is 23.6. The number of anilines is 2. The van der Waals surface area contributed by atoms with Crippen LogP contribution in [0.15, 0.2) is 30.3 Å². The minimum atomic E-state index is -0.326. The SMILES string of the molecule is CC.CCCCCC(C)C.CNc1cc2c(N[C@H](C)c3cccc(C#N)c3C)nnc(C)c2cc1F. The fourth-order valence-electron chi connectivity index (χ4n) is 3.93. The van der Waals surface area contributed by atoms with Gasteiger partial charge in [-0.25, -0.2) is 4.39 Å². The lowest BCUT2D eigenvalue weighted by Gasteiger charge is -2.19. The van der Waals surface area contributed by atoms with Crippen LogP contribution in [0.25, 0.3) is 10.8 Å². The van der Waals surface area contributed by atoms with Gasteiger partial charge in [-0.15, -0.1) is 5.10 Å². The molecule has 1 atom stereocenters. The van der Waals surface area contributed by atoms with Gasteiger partial charge in [-0.2, -0.15) is 10.4 Å². The predicted molar refractivity (Wildman–Crippen MR) is 152 cm³/mol. The van der Waals surface area contributed by atoms with Crippen LogP contribution in [0.2, 0.25) is 0 Å². The zero-order chi connectivity index (χ0) is 27.3. The van der Waals surface area contributed by atoms with Crippen molar-refractivity contribution >= 4 is 22.3 Å². The molecule has 36 heavy (non-hydrogen) atoms. The number of nitrogens with zero attached hydrogens (tertiary/aromatic N) is 3. The maximum absolute atomic E-state index is 14.1. The summed E-state index contributed by atoms with van der Waals surface area (Å²) in [6.07, 6.45) is 5.60. The normalized spacial score (nSPS) is 11.1.